The number of nitro benzene ring substituents is 1. The standard InChI is InChI=1S/C16H14N4O5/c1-8-5-10(14(17)12(6-8)20(23)24)15(21)18-9-3-4-13-11(7-9)19(2)16(22)25-13/h3-7H,17H2,1-2H3,(H,18,21). The Morgan fingerprint density at radius 1 is 1.32 bits per heavy atom. The highest BCUT2D eigenvalue weighted by molar-refractivity contribution is 6.09. The van der Waals surface area contributed by atoms with Gasteiger partial charge in [-0.3, -0.25) is 19.5 Å². The predicted octanol–water partition coefficient (Wildman–Crippen LogP) is 2.18. The Kier molecular flexibility index (Phi) is 3.76. The van der Waals surface area contributed by atoms with Crippen molar-refractivity contribution in [2.75, 3.05) is 11.1 Å². The second kappa shape index (κ2) is 5.78. The van der Waals surface area contributed by atoms with Crippen LogP contribution >= 0.6 is 0 Å². The minimum absolute atomic E-state index is 0.00730. The van der Waals surface area contributed by atoms with E-state index in [-0.39, 0.29) is 16.9 Å². The van der Waals surface area contributed by atoms with Crippen molar-refractivity contribution in [3.05, 3.63) is 62.1 Å². The molecule has 2 aromatic carbocycles. The molecule has 0 bridgehead atoms. The number of nitro groups is 1. The molecule has 1 aromatic heterocycles. The fourth-order valence-corrected chi connectivity index (χ4v) is 2.52. The summed E-state index contributed by atoms with van der Waals surface area (Å²) in [6, 6.07) is 7.46. The molecule has 1 amide bonds. The van der Waals surface area contributed by atoms with E-state index < -0.39 is 16.6 Å². The Morgan fingerprint density at radius 3 is 2.72 bits per heavy atom. The van der Waals surface area contributed by atoms with Gasteiger partial charge in [-0.25, -0.2) is 4.79 Å². The van der Waals surface area contributed by atoms with Gasteiger partial charge in [-0.2, -0.15) is 0 Å². The highest BCUT2D eigenvalue weighted by atomic mass is 16.6. The molecule has 3 N–H and O–H groups in total. The summed E-state index contributed by atoms with van der Waals surface area (Å²) in [5.74, 6) is -1.10. The molecule has 0 fully saturated rings. The van der Waals surface area contributed by atoms with Crippen molar-refractivity contribution in [3.8, 4) is 0 Å². The lowest BCUT2D eigenvalue weighted by atomic mass is 10.1. The minimum atomic E-state index is -0.633. The Bertz CT molecular complexity index is 1080. The number of hydrogen-bond acceptors (Lipinski definition) is 6. The average Bonchev–Trinajstić information content (AvgIpc) is 2.83. The first-order valence-corrected chi connectivity index (χ1v) is 7.23. The molecule has 0 saturated carbocycles. The van der Waals surface area contributed by atoms with Crippen LogP contribution in [0.5, 0.6) is 0 Å². The molecule has 25 heavy (non-hydrogen) atoms. The molecule has 0 saturated heterocycles. The normalized spacial score (nSPS) is 10.8. The molecule has 0 spiro atoms. The van der Waals surface area contributed by atoms with Crippen LogP contribution in [0.3, 0.4) is 0 Å². The first-order valence-electron chi connectivity index (χ1n) is 7.23. The molecular formula is C16H14N4O5. The van der Waals surface area contributed by atoms with E-state index in [0.717, 1.165) is 0 Å². The SMILES string of the molecule is Cc1cc(C(=O)Nc2ccc3oc(=O)n(C)c3c2)c(N)c([N+](=O)[O-])c1. The number of anilines is 2. The lowest BCUT2D eigenvalue weighted by molar-refractivity contribution is -0.384. The molecular weight excluding hydrogens is 328 g/mol. The van der Waals surface area contributed by atoms with E-state index in [1.165, 1.54) is 16.7 Å². The van der Waals surface area contributed by atoms with Crippen molar-refractivity contribution in [3.63, 3.8) is 0 Å². The van der Waals surface area contributed by atoms with Crippen LogP contribution in [0.15, 0.2) is 39.5 Å². The van der Waals surface area contributed by atoms with Crippen molar-refractivity contribution >= 4 is 34.1 Å². The summed E-state index contributed by atoms with van der Waals surface area (Å²) >= 11 is 0. The first kappa shape index (κ1) is 16.2. The minimum Gasteiger partial charge on any atom is -0.408 e. The van der Waals surface area contributed by atoms with Gasteiger partial charge in [-0.05, 0) is 36.8 Å². The number of amides is 1. The van der Waals surface area contributed by atoms with Crippen LogP contribution in [-0.4, -0.2) is 15.4 Å². The number of aromatic nitrogens is 1. The zero-order valence-electron chi connectivity index (χ0n) is 13.4. The van der Waals surface area contributed by atoms with Gasteiger partial charge in [0.1, 0.15) is 5.69 Å². The van der Waals surface area contributed by atoms with E-state index in [9.17, 15) is 19.7 Å². The maximum atomic E-state index is 12.5. The van der Waals surface area contributed by atoms with Gasteiger partial charge in [0, 0.05) is 18.8 Å². The van der Waals surface area contributed by atoms with Gasteiger partial charge in [0.2, 0.25) is 0 Å². The third kappa shape index (κ3) is 2.82. The van der Waals surface area contributed by atoms with Crippen LogP contribution < -0.4 is 16.8 Å². The van der Waals surface area contributed by atoms with Gasteiger partial charge in [0.15, 0.2) is 5.58 Å². The van der Waals surface area contributed by atoms with E-state index in [2.05, 4.69) is 5.32 Å². The Labute approximate surface area is 140 Å². The smallest absolute Gasteiger partial charge is 0.408 e. The van der Waals surface area contributed by atoms with Crippen molar-refractivity contribution in [2.45, 2.75) is 6.92 Å². The van der Waals surface area contributed by atoms with Gasteiger partial charge < -0.3 is 15.5 Å². The maximum Gasteiger partial charge on any atom is 0.419 e. The number of hydrogen-bond donors (Lipinski definition) is 2. The fourth-order valence-electron chi connectivity index (χ4n) is 2.52. The molecule has 128 valence electrons. The number of nitrogens with two attached hydrogens (primary N) is 1. The van der Waals surface area contributed by atoms with E-state index in [0.29, 0.717) is 22.4 Å². The van der Waals surface area contributed by atoms with Gasteiger partial charge >= 0.3 is 5.76 Å². The second-order valence-corrected chi connectivity index (χ2v) is 5.57. The number of fused-ring (bicyclic) bond motifs is 1. The van der Waals surface area contributed by atoms with Gasteiger partial charge in [0.25, 0.3) is 11.6 Å². The number of nitrogens with one attached hydrogen (secondary N) is 1. The molecule has 0 radical (unpaired) electrons. The van der Waals surface area contributed by atoms with Crippen LogP contribution in [0.25, 0.3) is 11.1 Å². The molecule has 0 aliphatic heterocycles. The summed E-state index contributed by atoms with van der Waals surface area (Å²) < 4.78 is 6.32. The third-order valence-corrected chi connectivity index (χ3v) is 3.79. The summed E-state index contributed by atoms with van der Waals surface area (Å²) in [6.45, 7) is 1.64. The molecule has 9 nitrogen and oxygen atoms in total. The number of carbonyl (C=O) groups excluding carboxylic acids is 1. The number of benzene rings is 2. The summed E-state index contributed by atoms with van der Waals surface area (Å²) in [6.07, 6.45) is 0. The van der Waals surface area contributed by atoms with E-state index >= 15 is 0 Å². The monoisotopic (exact) mass is 342 g/mol. The summed E-state index contributed by atoms with van der Waals surface area (Å²) in [7, 11) is 1.54. The number of rotatable bonds is 3. The molecule has 3 rings (SSSR count). The largest absolute Gasteiger partial charge is 0.419 e. The third-order valence-electron chi connectivity index (χ3n) is 3.79. The number of nitrogens with zero attached hydrogens (tertiary/aromatic N) is 2. The summed E-state index contributed by atoms with van der Waals surface area (Å²) in [4.78, 5) is 34.4. The topological polar surface area (TPSA) is 133 Å². The summed E-state index contributed by atoms with van der Waals surface area (Å²) in [5.41, 5.74) is 7.08. The van der Waals surface area contributed by atoms with Gasteiger partial charge in [-0.1, -0.05) is 0 Å². The molecule has 3 aromatic rings. The van der Waals surface area contributed by atoms with Gasteiger partial charge in [-0.15, -0.1) is 0 Å². The molecule has 0 atom stereocenters. The van der Waals surface area contributed by atoms with Crippen LogP contribution in [0.4, 0.5) is 17.1 Å². The zero-order valence-corrected chi connectivity index (χ0v) is 13.4. The quantitative estimate of drug-likeness (QED) is 0.426. The van der Waals surface area contributed by atoms with Crippen molar-refractivity contribution in [1.29, 1.82) is 0 Å². The Morgan fingerprint density at radius 2 is 2.04 bits per heavy atom. The van der Waals surface area contributed by atoms with Crippen molar-refractivity contribution in [2.24, 2.45) is 7.05 Å². The van der Waals surface area contributed by atoms with E-state index in [1.807, 2.05) is 0 Å². The lowest BCUT2D eigenvalue weighted by Gasteiger charge is -2.09. The number of oxazole rings is 1. The van der Waals surface area contributed by atoms with Crippen LogP contribution in [-0.2, 0) is 7.05 Å². The Hall–Kier alpha value is -3.62. The highest BCUT2D eigenvalue weighted by Gasteiger charge is 2.21. The molecule has 1 heterocycles. The van der Waals surface area contributed by atoms with Gasteiger partial charge in [0.05, 0.1) is 16.0 Å². The second-order valence-electron chi connectivity index (χ2n) is 5.57. The lowest BCUT2D eigenvalue weighted by Crippen LogP contribution is -2.15. The molecule has 9 heteroatoms. The van der Waals surface area contributed by atoms with Crippen LogP contribution in [0.1, 0.15) is 15.9 Å². The highest BCUT2D eigenvalue weighted by Crippen LogP contribution is 2.28. The number of nitrogen functional groups attached to an aromatic ring is 1. The average molecular weight is 342 g/mol. The Balaban J connectivity index is 1.99. The van der Waals surface area contributed by atoms with Crippen LogP contribution in [0.2, 0.25) is 0 Å². The zero-order chi connectivity index (χ0) is 18.3. The van der Waals surface area contributed by atoms with Crippen molar-refractivity contribution < 1.29 is 14.1 Å². The van der Waals surface area contributed by atoms with Crippen molar-refractivity contribution in [1.82, 2.24) is 4.57 Å². The number of carbonyl (C=O) groups is 1. The van der Waals surface area contributed by atoms with E-state index in [1.54, 1.807) is 32.2 Å². The molecule has 0 aliphatic rings. The van der Waals surface area contributed by atoms with Crippen LogP contribution in [0, 0.1) is 17.0 Å². The predicted molar refractivity (Wildman–Crippen MR) is 91.7 cm³/mol. The maximum absolute atomic E-state index is 12.5. The van der Waals surface area contributed by atoms with E-state index in [4.69, 9.17) is 10.2 Å². The molecule has 0 aliphatic carbocycles. The first-order chi connectivity index (χ1) is 11.8. The summed E-state index contributed by atoms with van der Waals surface area (Å²) in [5, 5.41) is 13.7. The number of aryl methyl sites for hydroxylation is 2. The molecule has 0 unspecified atom stereocenters. The fraction of sp³-hybridized carbons (Fsp3) is 0.125.